The zero-order chi connectivity index (χ0) is 11.8. The molecular weight excluding hydrogens is 229 g/mol. The van der Waals surface area contributed by atoms with E-state index in [0.717, 1.165) is 18.7 Å². The van der Waals surface area contributed by atoms with Gasteiger partial charge in [-0.15, -0.1) is 0 Å². The molecule has 0 aliphatic carbocycles. The van der Waals surface area contributed by atoms with Crippen LogP contribution in [0.2, 0.25) is 6.32 Å². The summed E-state index contributed by atoms with van der Waals surface area (Å²) in [6.07, 6.45) is 1.75. The Bertz CT molecular complexity index is 291. The van der Waals surface area contributed by atoms with Gasteiger partial charge in [0.15, 0.2) is 0 Å². The van der Waals surface area contributed by atoms with Crippen LogP contribution in [-0.4, -0.2) is 51.8 Å². The van der Waals surface area contributed by atoms with Crippen molar-refractivity contribution in [1.29, 1.82) is 0 Å². The average Bonchev–Trinajstić information content (AvgIpc) is 2.40. The van der Waals surface area contributed by atoms with Crippen molar-refractivity contribution in [2.45, 2.75) is 30.5 Å². The average molecular weight is 245 g/mol. The fraction of sp³-hybridized carbons (Fsp3) is 0.889. The van der Waals surface area contributed by atoms with Crippen molar-refractivity contribution in [3.63, 3.8) is 0 Å². The van der Waals surface area contributed by atoms with Gasteiger partial charge in [0.05, 0.1) is 0 Å². The van der Waals surface area contributed by atoms with Gasteiger partial charge in [0, 0.05) is 23.0 Å². The number of carboxylic acid groups (broad SMARTS) is 1. The summed E-state index contributed by atoms with van der Waals surface area (Å²) in [5.41, 5.74) is -0.161. The minimum Gasteiger partial charge on any atom is -0.480 e. The molecule has 2 heterocycles. The fourth-order valence-corrected chi connectivity index (χ4v) is 4.31. The van der Waals surface area contributed by atoms with Crippen molar-refractivity contribution in [2.24, 2.45) is 5.41 Å². The molecule has 3 atom stereocenters. The zero-order valence-corrected chi connectivity index (χ0v) is 9.74. The number of nitrogens with one attached hydrogen (secondary N) is 1. The van der Waals surface area contributed by atoms with E-state index < -0.39 is 19.1 Å². The van der Waals surface area contributed by atoms with E-state index in [0.29, 0.717) is 18.0 Å². The van der Waals surface area contributed by atoms with Crippen LogP contribution in [0.3, 0.4) is 0 Å². The second-order valence-electron chi connectivity index (χ2n) is 4.59. The first kappa shape index (κ1) is 12.2. The van der Waals surface area contributed by atoms with Gasteiger partial charge in [0.1, 0.15) is 6.04 Å². The summed E-state index contributed by atoms with van der Waals surface area (Å²) < 4.78 is 0. The molecule has 0 amide bonds. The maximum absolute atomic E-state index is 11.1. The van der Waals surface area contributed by atoms with Crippen LogP contribution >= 0.6 is 11.8 Å². The maximum atomic E-state index is 11.1. The van der Waals surface area contributed by atoms with Crippen LogP contribution in [0.25, 0.3) is 0 Å². The highest BCUT2D eigenvalue weighted by molar-refractivity contribution is 8.01. The van der Waals surface area contributed by atoms with Crippen LogP contribution in [0, 0.1) is 5.41 Å². The summed E-state index contributed by atoms with van der Waals surface area (Å²) in [5, 5.41) is 30.1. The lowest BCUT2D eigenvalue weighted by molar-refractivity contribution is -0.141. The van der Waals surface area contributed by atoms with Crippen LogP contribution < -0.4 is 5.32 Å². The molecule has 0 unspecified atom stereocenters. The lowest BCUT2D eigenvalue weighted by atomic mass is 9.73. The number of rotatable bonds is 5. The Labute approximate surface area is 98.8 Å². The molecule has 0 radical (unpaired) electrons. The molecule has 16 heavy (non-hydrogen) atoms. The molecule has 90 valence electrons. The normalized spacial score (nSPS) is 36.6. The molecule has 2 aliphatic heterocycles. The van der Waals surface area contributed by atoms with Gasteiger partial charge in [-0.3, -0.25) is 4.79 Å². The molecule has 2 aliphatic rings. The van der Waals surface area contributed by atoms with E-state index in [9.17, 15) is 4.79 Å². The molecule has 0 aromatic carbocycles. The Hall–Kier alpha value is -0.235. The minimum atomic E-state index is -1.28. The topological polar surface area (TPSA) is 89.8 Å². The van der Waals surface area contributed by atoms with Gasteiger partial charge in [-0.05, 0) is 12.7 Å². The van der Waals surface area contributed by atoms with Crippen LogP contribution in [0.5, 0.6) is 0 Å². The molecule has 7 heteroatoms. The van der Waals surface area contributed by atoms with Gasteiger partial charge in [-0.1, -0.05) is 6.42 Å². The summed E-state index contributed by atoms with van der Waals surface area (Å²) in [6.45, 7) is 0.753. The van der Waals surface area contributed by atoms with E-state index in [2.05, 4.69) is 5.32 Å². The maximum Gasteiger partial charge on any atom is 0.451 e. The highest BCUT2D eigenvalue weighted by Crippen LogP contribution is 2.54. The van der Waals surface area contributed by atoms with Crippen molar-refractivity contribution in [2.75, 3.05) is 12.3 Å². The third-order valence-electron chi connectivity index (χ3n) is 3.63. The van der Waals surface area contributed by atoms with Gasteiger partial charge in [-0.25, -0.2) is 0 Å². The van der Waals surface area contributed by atoms with E-state index in [1.165, 1.54) is 0 Å². The fourth-order valence-electron chi connectivity index (χ4n) is 2.70. The van der Waals surface area contributed by atoms with Gasteiger partial charge >= 0.3 is 13.1 Å². The smallest absolute Gasteiger partial charge is 0.451 e. The van der Waals surface area contributed by atoms with Gasteiger partial charge in [-0.2, -0.15) is 11.8 Å². The third kappa shape index (κ3) is 1.97. The standard InChI is InChI=1S/C9H16BNO4S/c12-8(13)7-9(2-1-3-10(14)15)5-16-6(9)4-11-7/h6-7,11,14-15H,1-5H2,(H,12,13)/t6-,7+,9-/m0/s1. The summed E-state index contributed by atoms with van der Waals surface area (Å²) in [6, 6.07) is -0.463. The van der Waals surface area contributed by atoms with Crippen LogP contribution in [-0.2, 0) is 4.79 Å². The first-order valence-corrected chi connectivity index (χ1v) is 6.55. The molecule has 2 fully saturated rings. The summed E-state index contributed by atoms with van der Waals surface area (Å²) in [4.78, 5) is 11.1. The SMILES string of the molecule is O=C(O)[C@H]1NC[C@@H]2SC[C@@]21CCCB(O)O. The summed E-state index contributed by atoms with van der Waals surface area (Å²) >= 11 is 1.80. The van der Waals surface area contributed by atoms with E-state index in [-0.39, 0.29) is 5.41 Å². The minimum absolute atomic E-state index is 0.161. The van der Waals surface area contributed by atoms with Crippen molar-refractivity contribution < 1.29 is 19.9 Å². The van der Waals surface area contributed by atoms with E-state index in [4.69, 9.17) is 15.2 Å². The summed E-state index contributed by atoms with van der Waals surface area (Å²) in [7, 11) is -1.28. The Kier molecular flexibility index (Phi) is 3.49. The Morgan fingerprint density at radius 1 is 1.56 bits per heavy atom. The van der Waals surface area contributed by atoms with Gasteiger partial charge in [0.2, 0.25) is 0 Å². The number of aliphatic carboxylic acids is 1. The monoisotopic (exact) mass is 245 g/mol. The molecule has 5 nitrogen and oxygen atoms in total. The number of hydrogen-bond acceptors (Lipinski definition) is 5. The predicted molar refractivity (Wildman–Crippen MR) is 62.3 cm³/mol. The van der Waals surface area contributed by atoms with E-state index in [1.807, 2.05) is 0 Å². The Morgan fingerprint density at radius 2 is 2.31 bits per heavy atom. The molecule has 2 saturated heterocycles. The number of fused-ring (bicyclic) bond motifs is 1. The molecule has 0 bridgehead atoms. The number of hydrogen-bond donors (Lipinski definition) is 4. The first-order chi connectivity index (χ1) is 7.56. The van der Waals surface area contributed by atoms with Crippen molar-refractivity contribution in [3.05, 3.63) is 0 Å². The summed E-state index contributed by atoms with van der Waals surface area (Å²) in [5.74, 6) is 0.0794. The lowest BCUT2D eigenvalue weighted by Crippen LogP contribution is -2.52. The largest absolute Gasteiger partial charge is 0.480 e. The molecular formula is C9H16BNO4S. The second-order valence-corrected chi connectivity index (χ2v) is 5.78. The highest BCUT2D eigenvalue weighted by Gasteiger charge is 2.58. The number of thioether (sulfide) groups is 1. The van der Waals surface area contributed by atoms with Crippen LogP contribution in [0.1, 0.15) is 12.8 Å². The molecule has 0 saturated carbocycles. The highest BCUT2D eigenvalue weighted by atomic mass is 32.2. The molecule has 0 aromatic rings. The quantitative estimate of drug-likeness (QED) is 0.483. The predicted octanol–water partition coefficient (Wildman–Crippen LogP) is -0.602. The number of carbonyl (C=O) groups is 1. The van der Waals surface area contributed by atoms with Gasteiger partial charge < -0.3 is 20.5 Å². The van der Waals surface area contributed by atoms with E-state index in [1.54, 1.807) is 11.8 Å². The van der Waals surface area contributed by atoms with Crippen LogP contribution in [0.15, 0.2) is 0 Å². The van der Waals surface area contributed by atoms with Gasteiger partial charge in [0.25, 0.3) is 0 Å². The second kappa shape index (κ2) is 4.56. The molecule has 0 aromatic heterocycles. The zero-order valence-electron chi connectivity index (χ0n) is 8.93. The molecule has 0 spiro atoms. The van der Waals surface area contributed by atoms with E-state index >= 15 is 0 Å². The molecule has 2 rings (SSSR count). The van der Waals surface area contributed by atoms with Crippen molar-refractivity contribution in [3.8, 4) is 0 Å². The van der Waals surface area contributed by atoms with Crippen molar-refractivity contribution >= 4 is 24.8 Å². The first-order valence-electron chi connectivity index (χ1n) is 5.50. The lowest BCUT2D eigenvalue weighted by Gasteiger charge is -2.46. The third-order valence-corrected chi connectivity index (χ3v) is 5.37. The van der Waals surface area contributed by atoms with Crippen molar-refractivity contribution in [1.82, 2.24) is 5.32 Å². The molecule has 4 N–H and O–H groups in total. The number of carboxylic acids is 1. The Balaban J connectivity index is 1.95. The Morgan fingerprint density at radius 3 is 2.81 bits per heavy atom. The van der Waals surface area contributed by atoms with Crippen LogP contribution in [0.4, 0.5) is 0 Å².